The van der Waals surface area contributed by atoms with Crippen LogP contribution < -0.4 is 11.1 Å². The van der Waals surface area contributed by atoms with E-state index >= 15 is 0 Å². The fourth-order valence-corrected chi connectivity index (χ4v) is 2.79. The molecule has 0 bridgehead atoms. The van der Waals surface area contributed by atoms with E-state index in [9.17, 15) is 8.42 Å². The maximum absolute atomic E-state index is 12.0. The van der Waals surface area contributed by atoms with Crippen LogP contribution in [-0.2, 0) is 16.4 Å². The average molecular weight is 309 g/mol. The Morgan fingerprint density at radius 2 is 2.05 bits per heavy atom. The molecule has 2 rings (SSSR count). The van der Waals surface area contributed by atoms with Crippen molar-refractivity contribution < 1.29 is 12.8 Å². The van der Waals surface area contributed by atoms with Gasteiger partial charge in [-0.1, -0.05) is 0 Å². The highest BCUT2D eigenvalue weighted by atomic mass is 32.2. The summed E-state index contributed by atoms with van der Waals surface area (Å²) >= 11 is 0. The van der Waals surface area contributed by atoms with E-state index in [4.69, 9.17) is 10.2 Å². The molecule has 0 fully saturated rings. The lowest BCUT2D eigenvalue weighted by atomic mass is 10.2. The quantitative estimate of drug-likeness (QED) is 0.794. The Bertz CT molecular complexity index is 694. The lowest BCUT2D eigenvalue weighted by molar-refractivity contribution is 0.513. The topological polar surface area (TPSA) is 88.6 Å². The van der Waals surface area contributed by atoms with E-state index in [1.165, 1.54) is 20.2 Å². The summed E-state index contributed by atoms with van der Waals surface area (Å²) in [6, 6.07) is 8.42. The molecule has 0 aliphatic rings. The lowest BCUT2D eigenvalue weighted by Crippen LogP contribution is -2.22. The molecule has 3 N–H and O–H groups in total. The van der Waals surface area contributed by atoms with Gasteiger partial charge in [0.2, 0.25) is 10.0 Å². The van der Waals surface area contributed by atoms with Crippen molar-refractivity contribution >= 4 is 21.4 Å². The molecule has 0 radical (unpaired) electrons. The van der Waals surface area contributed by atoms with E-state index in [-0.39, 0.29) is 4.90 Å². The van der Waals surface area contributed by atoms with E-state index < -0.39 is 10.0 Å². The second kappa shape index (κ2) is 6.19. The predicted molar refractivity (Wildman–Crippen MR) is 82.6 cm³/mol. The molecule has 0 amide bonds. The molecular weight excluding hydrogens is 290 g/mol. The third-order valence-electron chi connectivity index (χ3n) is 3.07. The van der Waals surface area contributed by atoms with Crippen molar-refractivity contribution in [2.75, 3.05) is 31.7 Å². The van der Waals surface area contributed by atoms with E-state index in [0.29, 0.717) is 17.9 Å². The molecule has 2 aromatic rings. The first-order valence-electron chi connectivity index (χ1n) is 6.49. The van der Waals surface area contributed by atoms with Crippen molar-refractivity contribution in [3.63, 3.8) is 0 Å². The van der Waals surface area contributed by atoms with Crippen LogP contribution in [0.2, 0.25) is 0 Å². The van der Waals surface area contributed by atoms with E-state index in [1.807, 2.05) is 12.1 Å². The molecule has 6 nitrogen and oxygen atoms in total. The predicted octanol–water partition coefficient (Wildman–Crippen LogP) is 1.77. The van der Waals surface area contributed by atoms with Crippen molar-refractivity contribution in [1.29, 1.82) is 0 Å². The Labute approximate surface area is 124 Å². The van der Waals surface area contributed by atoms with Crippen molar-refractivity contribution in [1.82, 2.24) is 4.31 Å². The number of nitrogens with one attached hydrogen (secondary N) is 1. The Hall–Kier alpha value is -1.99. The average Bonchev–Trinajstić information content (AvgIpc) is 2.93. The van der Waals surface area contributed by atoms with E-state index in [0.717, 1.165) is 16.5 Å². The number of nitrogens with zero attached hydrogens (tertiary/aromatic N) is 1. The molecular formula is C14H19N3O3S. The van der Waals surface area contributed by atoms with Gasteiger partial charge < -0.3 is 15.5 Å². The fourth-order valence-electron chi connectivity index (χ4n) is 1.85. The molecule has 0 atom stereocenters. The lowest BCUT2D eigenvalue weighted by Gasteiger charge is -2.14. The first-order chi connectivity index (χ1) is 9.91. The smallest absolute Gasteiger partial charge is 0.242 e. The Morgan fingerprint density at radius 3 is 2.62 bits per heavy atom. The first-order valence-corrected chi connectivity index (χ1v) is 7.93. The number of sulfonamides is 1. The van der Waals surface area contributed by atoms with Gasteiger partial charge in [0.05, 0.1) is 22.5 Å². The molecule has 21 heavy (non-hydrogen) atoms. The summed E-state index contributed by atoms with van der Waals surface area (Å²) in [5.41, 5.74) is 7.02. The van der Waals surface area contributed by atoms with Gasteiger partial charge >= 0.3 is 0 Å². The standard InChI is InChI=1S/C14H19N3O3S/c1-17(2)21(18,19)12-5-6-14(13(15)10-12)16-8-7-11-4-3-9-20-11/h3-6,9-10,16H,7-8,15H2,1-2H3. The Balaban J connectivity index is 2.06. The summed E-state index contributed by atoms with van der Waals surface area (Å²) in [4.78, 5) is 0.182. The van der Waals surface area contributed by atoms with Crippen LogP contribution in [0, 0.1) is 0 Å². The van der Waals surface area contributed by atoms with Crippen LogP contribution in [0.1, 0.15) is 5.76 Å². The van der Waals surface area contributed by atoms with Crippen molar-refractivity contribution in [3.05, 3.63) is 42.4 Å². The summed E-state index contributed by atoms with van der Waals surface area (Å²) < 4.78 is 30.4. The third-order valence-corrected chi connectivity index (χ3v) is 4.88. The van der Waals surface area contributed by atoms with Gasteiger partial charge in [-0.3, -0.25) is 0 Å². The third kappa shape index (κ3) is 3.56. The SMILES string of the molecule is CN(C)S(=O)(=O)c1ccc(NCCc2ccco2)c(N)c1. The normalized spacial score (nSPS) is 11.8. The summed E-state index contributed by atoms with van der Waals surface area (Å²) in [7, 11) is -0.487. The number of anilines is 2. The summed E-state index contributed by atoms with van der Waals surface area (Å²) in [6.07, 6.45) is 2.36. The van der Waals surface area contributed by atoms with Crippen molar-refractivity contribution in [3.8, 4) is 0 Å². The van der Waals surface area contributed by atoms with Gasteiger partial charge in [-0.25, -0.2) is 12.7 Å². The summed E-state index contributed by atoms with van der Waals surface area (Å²) in [5, 5.41) is 3.17. The minimum absolute atomic E-state index is 0.182. The molecule has 0 saturated heterocycles. The highest BCUT2D eigenvalue weighted by Gasteiger charge is 2.17. The number of hydrogen-bond donors (Lipinski definition) is 2. The molecule has 114 valence electrons. The maximum atomic E-state index is 12.0. The van der Waals surface area contributed by atoms with Crippen molar-refractivity contribution in [2.24, 2.45) is 0 Å². The number of nitrogen functional groups attached to an aromatic ring is 1. The van der Waals surface area contributed by atoms with Crippen LogP contribution in [0.25, 0.3) is 0 Å². The van der Waals surface area contributed by atoms with Gasteiger partial charge in [0.1, 0.15) is 5.76 Å². The van der Waals surface area contributed by atoms with Gasteiger partial charge in [-0.05, 0) is 30.3 Å². The number of benzene rings is 1. The molecule has 0 unspecified atom stereocenters. The van der Waals surface area contributed by atoms with Crippen LogP contribution >= 0.6 is 0 Å². The number of rotatable bonds is 6. The highest BCUT2D eigenvalue weighted by molar-refractivity contribution is 7.89. The molecule has 1 heterocycles. The number of nitrogens with two attached hydrogens (primary N) is 1. The molecule has 0 saturated carbocycles. The largest absolute Gasteiger partial charge is 0.469 e. The number of hydrogen-bond acceptors (Lipinski definition) is 5. The van der Waals surface area contributed by atoms with Crippen molar-refractivity contribution in [2.45, 2.75) is 11.3 Å². The van der Waals surface area contributed by atoms with Crippen LogP contribution in [0.4, 0.5) is 11.4 Å². The van der Waals surface area contributed by atoms with Crippen LogP contribution in [0.15, 0.2) is 45.9 Å². The van der Waals surface area contributed by atoms with Gasteiger partial charge in [-0.2, -0.15) is 0 Å². The van der Waals surface area contributed by atoms with E-state index in [1.54, 1.807) is 18.4 Å². The highest BCUT2D eigenvalue weighted by Crippen LogP contribution is 2.24. The van der Waals surface area contributed by atoms with Crippen LogP contribution in [-0.4, -0.2) is 33.4 Å². The van der Waals surface area contributed by atoms with Gasteiger partial charge in [0.25, 0.3) is 0 Å². The fraction of sp³-hybridized carbons (Fsp3) is 0.286. The minimum Gasteiger partial charge on any atom is -0.469 e. The van der Waals surface area contributed by atoms with E-state index in [2.05, 4.69) is 5.32 Å². The molecule has 1 aromatic carbocycles. The molecule has 0 spiro atoms. The zero-order valence-electron chi connectivity index (χ0n) is 12.0. The Morgan fingerprint density at radius 1 is 1.29 bits per heavy atom. The summed E-state index contributed by atoms with van der Waals surface area (Å²) in [5.74, 6) is 0.882. The molecule has 0 aliphatic carbocycles. The summed E-state index contributed by atoms with van der Waals surface area (Å²) in [6.45, 7) is 0.650. The molecule has 7 heteroatoms. The monoisotopic (exact) mass is 309 g/mol. The van der Waals surface area contributed by atoms with Gasteiger partial charge in [0, 0.05) is 27.1 Å². The Kier molecular flexibility index (Phi) is 4.54. The van der Waals surface area contributed by atoms with Gasteiger partial charge in [-0.15, -0.1) is 0 Å². The number of furan rings is 1. The zero-order valence-corrected chi connectivity index (χ0v) is 12.9. The first kappa shape index (κ1) is 15.4. The maximum Gasteiger partial charge on any atom is 0.242 e. The zero-order chi connectivity index (χ0) is 15.5. The molecule has 0 aliphatic heterocycles. The van der Waals surface area contributed by atoms with Crippen LogP contribution in [0.3, 0.4) is 0 Å². The molecule has 1 aromatic heterocycles. The second-order valence-electron chi connectivity index (χ2n) is 4.79. The minimum atomic E-state index is -3.46. The van der Waals surface area contributed by atoms with Gasteiger partial charge in [0.15, 0.2) is 0 Å². The second-order valence-corrected chi connectivity index (χ2v) is 6.94. The van der Waals surface area contributed by atoms with Crippen LogP contribution in [0.5, 0.6) is 0 Å².